The number of rotatable bonds is 16. The molecule has 0 saturated heterocycles. The molecule has 0 spiro atoms. The Labute approximate surface area is 211 Å². The largest absolute Gasteiger partial charge is 0.459 e. The highest BCUT2D eigenvalue weighted by Crippen LogP contribution is 2.25. The third-order valence-corrected chi connectivity index (χ3v) is 5.77. The number of hydrogen-bond donors (Lipinski definition) is 0. The number of benzene rings is 1. The Hall–Kier alpha value is -2.68. The summed E-state index contributed by atoms with van der Waals surface area (Å²) in [6, 6.07) is 7.86. The first-order chi connectivity index (χ1) is 17.2. The number of carbonyl (C=O) groups is 1. The first-order valence-corrected chi connectivity index (χ1v) is 12.6. The Morgan fingerprint density at radius 3 is 2.25 bits per heavy atom. The molecule has 0 aliphatic heterocycles. The van der Waals surface area contributed by atoms with Gasteiger partial charge in [0.2, 0.25) is 6.10 Å². The van der Waals surface area contributed by atoms with Crippen LogP contribution in [-0.2, 0) is 20.7 Å². The van der Waals surface area contributed by atoms with E-state index in [1.54, 1.807) is 0 Å². The number of hydrogen-bond acceptors (Lipinski definition) is 6. The van der Waals surface area contributed by atoms with Crippen LogP contribution in [0.4, 0.5) is 13.2 Å². The van der Waals surface area contributed by atoms with Crippen molar-refractivity contribution >= 4 is 5.97 Å². The normalized spacial score (nSPS) is 13.3. The van der Waals surface area contributed by atoms with Crippen LogP contribution >= 0.6 is 0 Å². The monoisotopic (exact) mass is 510 g/mol. The highest BCUT2D eigenvalue weighted by Gasteiger charge is 2.43. The van der Waals surface area contributed by atoms with Crippen LogP contribution in [0.1, 0.15) is 71.3 Å². The van der Waals surface area contributed by atoms with Crippen molar-refractivity contribution in [3.63, 3.8) is 0 Å². The van der Waals surface area contributed by atoms with Gasteiger partial charge in [0, 0.05) is 18.0 Å². The molecule has 0 amide bonds. The van der Waals surface area contributed by atoms with Gasteiger partial charge in [-0.25, -0.2) is 9.97 Å². The van der Waals surface area contributed by atoms with Crippen LogP contribution in [0.15, 0.2) is 36.7 Å². The van der Waals surface area contributed by atoms with Crippen LogP contribution < -0.4 is 4.74 Å². The molecule has 1 aromatic carbocycles. The molecular formula is C27H37F3N2O4. The SMILES string of the molecule is CCCCCCCc1ccc(-c2cnc(OCC(OC(=O)CCOC(C)CC)C(F)(F)F)nc2)cc1. The van der Waals surface area contributed by atoms with Gasteiger partial charge in [0.25, 0.3) is 0 Å². The molecule has 9 heteroatoms. The zero-order chi connectivity index (χ0) is 26.4. The van der Waals surface area contributed by atoms with Gasteiger partial charge in [-0.2, -0.15) is 13.2 Å². The molecule has 0 aliphatic carbocycles. The molecule has 0 aliphatic rings. The maximum atomic E-state index is 13.3. The van der Waals surface area contributed by atoms with Gasteiger partial charge in [-0.05, 0) is 37.3 Å². The summed E-state index contributed by atoms with van der Waals surface area (Å²) >= 11 is 0. The van der Waals surface area contributed by atoms with E-state index in [9.17, 15) is 18.0 Å². The van der Waals surface area contributed by atoms with Crippen molar-refractivity contribution in [2.75, 3.05) is 13.2 Å². The smallest absolute Gasteiger partial charge is 0.428 e. The summed E-state index contributed by atoms with van der Waals surface area (Å²) < 4.78 is 54.9. The molecule has 0 radical (unpaired) electrons. The molecule has 2 unspecified atom stereocenters. The highest BCUT2D eigenvalue weighted by molar-refractivity contribution is 5.69. The molecule has 2 atom stereocenters. The molecule has 0 fully saturated rings. The minimum absolute atomic E-state index is 0.0101. The Morgan fingerprint density at radius 2 is 1.64 bits per heavy atom. The van der Waals surface area contributed by atoms with Crippen molar-refractivity contribution < 1.29 is 32.2 Å². The van der Waals surface area contributed by atoms with E-state index >= 15 is 0 Å². The van der Waals surface area contributed by atoms with Gasteiger partial charge in [-0.1, -0.05) is 63.8 Å². The average Bonchev–Trinajstić information content (AvgIpc) is 2.86. The Kier molecular flexibility index (Phi) is 12.7. The maximum Gasteiger partial charge on any atom is 0.428 e. The first-order valence-electron chi connectivity index (χ1n) is 12.6. The zero-order valence-corrected chi connectivity index (χ0v) is 21.4. The molecule has 2 aromatic rings. The minimum atomic E-state index is -4.79. The van der Waals surface area contributed by atoms with E-state index in [2.05, 4.69) is 33.8 Å². The molecule has 6 nitrogen and oxygen atoms in total. The number of alkyl halides is 3. The third kappa shape index (κ3) is 10.9. The van der Waals surface area contributed by atoms with Crippen LogP contribution in [0, 0.1) is 0 Å². The van der Waals surface area contributed by atoms with Gasteiger partial charge >= 0.3 is 18.2 Å². The van der Waals surface area contributed by atoms with Gasteiger partial charge in [0.1, 0.15) is 6.61 Å². The summed E-state index contributed by atoms with van der Waals surface area (Å²) in [6.45, 7) is 4.97. The fraction of sp³-hybridized carbons (Fsp3) is 0.593. The predicted molar refractivity (Wildman–Crippen MR) is 132 cm³/mol. The van der Waals surface area contributed by atoms with E-state index in [-0.39, 0.29) is 25.1 Å². The van der Waals surface area contributed by atoms with Crippen LogP contribution in [-0.4, -0.2) is 47.5 Å². The fourth-order valence-corrected chi connectivity index (χ4v) is 3.36. The molecule has 0 bridgehead atoms. The van der Waals surface area contributed by atoms with E-state index in [1.165, 1.54) is 43.6 Å². The van der Waals surface area contributed by atoms with E-state index in [1.807, 2.05) is 26.0 Å². The second-order valence-electron chi connectivity index (χ2n) is 8.79. The lowest BCUT2D eigenvalue weighted by atomic mass is 10.0. The van der Waals surface area contributed by atoms with E-state index in [0.29, 0.717) is 0 Å². The van der Waals surface area contributed by atoms with Crippen molar-refractivity contribution in [2.24, 2.45) is 0 Å². The Bertz CT molecular complexity index is 889. The van der Waals surface area contributed by atoms with E-state index < -0.39 is 24.9 Å². The third-order valence-electron chi connectivity index (χ3n) is 5.77. The Morgan fingerprint density at radius 1 is 0.972 bits per heavy atom. The molecule has 200 valence electrons. The summed E-state index contributed by atoms with van der Waals surface area (Å²) in [5.41, 5.74) is 2.88. The summed E-state index contributed by atoms with van der Waals surface area (Å²) in [4.78, 5) is 19.8. The van der Waals surface area contributed by atoms with Crippen molar-refractivity contribution in [3.05, 3.63) is 42.2 Å². The van der Waals surface area contributed by atoms with E-state index in [0.717, 1.165) is 30.4 Å². The van der Waals surface area contributed by atoms with Crippen molar-refractivity contribution in [1.29, 1.82) is 0 Å². The second-order valence-corrected chi connectivity index (χ2v) is 8.79. The molecule has 2 rings (SSSR count). The quantitative estimate of drug-likeness (QED) is 0.185. The number of ether oxygens (including phenoxy) is 3. The van der Waals surface area contributed by atoms with Crippen LogP contribution in [0.25, 0.3) is 11.1 Å². The molecule has 36 heavy (non-hydrogen) atoms. The average molecular weight is 511 g/mol. The van der Waals surface area contributed by atoms with Crippen LogP contribution in [0.5, 0.6) is 6.01 Å². The standard InChI is InChI=1S/C27H37F3N2O4/c1-4-6-7-8-9-10-21-11-13-22(14-12-21)23-17-31-26(32-18-23)35-19-24(27(28,29)30)36-25(33)15-16-34-20(3)5-2/h11-14,17-18,20,24H,4-10,15-16,19H2,1-3H3. The van der Waals surface area contributed by atoms with Crippen molar-refractivity contribution in [2.45, 2.75) is 90.5 Å². The lowest BCUT2D eigenvalue weighted by molar-refractivity contribution is -0.227. The highest BCUT2D eigenvalue weighted by atomic mass is 19.4. The summed E-state index contributed by atoms with van der Waals surface area (Å²) in [7, 11) is 0. The minimum Gasteiger partial charge on any atom is -0.459 e. The van der Waals surface area contributed by atoms with Crippen molar-refractivity contribution in [3.8, 4) is 17.1 Å². The number of aryl methyl sites for hydroxylation is 1. The first kappa shape index (κ1) is 29.5. The Balaban J connectivity index is 1.85. The van der Waals surface area contributed by atoms with Gasteiger partial charge in [0.15, 0.2) is 0 Å². The number of nitrogens with zero attached hydrogens (tertiary/aromatic N) is 2. The van der Waals surface area contributed by atoms with Gasteiger partial charge in [-0.3, -0.25) is 4.79 Å². The van der Waals surface area contributed by atoms with E-state index in [4.69, 9.17) is 9.47 Å². The van der Waals surface area contributed by atoms with Crippen LogP contribution in [0.3, 0.4) is 0 Å². The van der Waals surface area contributed by atoms with Gasteiger partial charge < -0.3 is 14.2 Å². The lowest BCUT2D eigenvalue weighted by Gasteiger charge is -2.20. The van der Waals surface area contributed by atoms with Gasteiger partial charge in [0.05, 0.1) is 19.1 Å². The fourth-order valence-electron chi connectivity index (χ4n) is 3.36. The summed E-state index contributed by atoms with van der Waals surface area (Å²) in [6.07, 6.45) is 3.32. The summed E-state index contributed by atoms with van der Waals surface area (Å²) in [5, 5.41) is 0. The number of carbonyl (C=O) groups excluding carboxylic acids is 1. The molecule has 0 N–H and O–H groups in total. The number of unbranched alkanes of at least 4 members (excludes halogenated alkanes) is 4. The maximum absolute atomic E-state index is 13.3. The number of esters is 1. The lowest BCUT2D eigenvalue weighted by Crippen LogP contribution is -2.39. The number of halogens is 3. The zero-order valence-electron chi connectivity index (χ0n) is 21.4. The number of aromatic nitrogens is 2. The molecule has 0 saturated carbocycles. The predicted octanol–water partition coefficient (Wildman–Crippen LogP) is 6.71. The molecule has 1 aromatic heterocycles. The summed E-state index contributed by atoms with van der Waals surface area (Å²) in [5.74, 6) is -1.01. The van der Waals surface area contributed by atoms with Crippen LogP contribution in [0.2, 0.25) is 0 Å². The van der Waals surface area contributed by atoms with Crippen molar-refractivity contribution in [1.82, 2.24) is 9.97 Å². The van der Waals surface area contributed by atoms with Gasteiger partial charge in [-0.15, -0.1) is 0 Å². The second kappa shape index (κ2) is 15.4. The molecular weight excluding hydrogens is 473 g/mol. The molecule has 1 heterocycles. The topological polar surface area (TPSA) is 70.5 Å².